The quantitative estimate of drug-likeness (QED) is 0.576. The summed E-state index contributed by atoms with van der Waals surface area (Å²) in [6.07, 6.45) is 4.66. The van der Waals surface area contributed by atoms with Gasteiger partial charge >= 0.3 is 0 Å². The lowest BCUT2D eigenvalue weighted by Gasteiger charge is -2.08. The average molecular weight is 224 g/mol. The van der Waals surface area contributed by atoms with Gasteiger partial charge in [-0.15, -0.1) is 0 Å². The van der Waals surface area contributed by atoms with Crippen LogP contribution in [0.2, 0.25) is 0 Å². The van der Waals surface area contributed by atoms with Gasteiger partial charge in [-0.3, -0.25) is 0 Å². The number of nitrogens with one attached hydrogen (secondary N) is 1. The fourth-order valence-electron chi connectivity index (χ4n) is 1.39. The Bertz CT molecular complexity index is 300. The van der Waals surface area contributed by atoms with Crippen LogP contribution in [0.1, 0.15) is 18.4 Å². The van der Waals surface area contributed by atoms with E-state index in [0.717, 1.165) is 17.8 Å². The monoisotopic (exact) mass is 224 g/mol. The van der Waals surface area contributed by atoms with Crippen LogP contribution in [0.4, 0.5) is 11.4 Å². The Kier molecular flexibility index (Phi) is 5.40. The number of anilines is 2. The Balaban J connectivity index is 2.28. The van der Waals surface area contributed by atoms with Gasteiger partial charge in [0.05, 0.1) is 0 Å². The van der Waals surface area contributed by atoms with Crippen molar-refractivity contribution in [2.75, 3.05) is 29.6 Å². The van der Waals surface area contributed by atoms with Gasteiger partial charge in [0.1, 0.15) is 0 Å². The summed E-state index contributed by atoms with van der Waals surface area (Å²) in [7, 11) is 0. The molecular formula is C12H20N2S. The summed E-state index contributed by atoms with van der Waals surface area (Å²) in [6, 6.07) is 6.10. The molecule has 15 heavy (non-hydrogen) atoms. The minimum Gasteiger partial charge on any atom is -0.399 e. The van der Waals surface area contributed by atoms with E-state index in [1.54, 1.807) is 0 Å². The smallest absolute Gasteiger partial charge is 0.0345 e. The fraction of sp³-hybridized carbons (Fsp3) is 0.500. The Morgan fingerprint density at radius 3 is 2.80 bits per heavy atom. The zero-order valence-electron chi connectivity index (χ0n) is 9.55. The first kappa shape index (κ1) is 12.2. The van der Waals surface area contributed by atoms with Crippen molar-refractivity contribution in [2.45, 2.75) is 19.8 Å². The zero-order valence-corrected chi connectivity index (χ0v) is 10.4. The highest BCUT2D eigenvalue weighted by Gasteiger charge is 1.95. The number of nitrogens with two attached hydrogens (primary N) is 1. The highest BCUT2D eigenvalue weighted by molar-refractivity contribution is 7.98. The maximum absolute atomic E-state index is 5.75. The lowest BCUT2D eigenvalue weighted by molar-refractivity contribution is 0.843. The van der Waals surface area contributed by atoms with Crippen LogP contribution in [0.25, 0.3) is 0 Å². The van der Waals surface area contributed by atoms with Crippen LogP contribution in [-0.4, -0.2) is 18.6 Å². The standard InChI is InChI=1S/C12H20N2S/c1-10-9-11(5-6-12(10)13)14-7-3-4-8-15-2/h5-6,9,14H,3-4,7-8,13H2,1-2H3. The molecule has 2 nitrogen and oxygen atoms in total. The molecule has 0 fully saturated rings. The molecule has 0 aliphatic carbocycles. The van der Waals surface area contributed by atoms with Gasteiger partial charge in [-0.25, -0.2) is 0 Å². The topological polar surface area (TPSA) is 38.0 Å². The number of benzene rings is 1. The number of rotatable bonds is 6. The second-order valence-corrected chi connectivity index (χ2v) is 4.68. The average Bonchev–Trinajstić information content (AvgIpc) is 2.23. The molecule has 0 saturated carbocycles. The first-order valence-corrected chi connectivity index (χ1v) is 6.72. The highest BCUT2D eigenvalue weighted by Crippen LogP contribution is 2.16. The van der Waals surface area contributed by atoms with Crippen molar-refractivity contribution in [3.63, 3.8) is 0 Å². The number of thioether (sulfide) groups is 1. The molecule has 1 aromatic rings. The van der Waals surface area contributed by atoms with E-state index < -0.39 is 0 Å². The van der Waals surface area contributed by atoms with Crippen molar-refractivity contribution in [1.29, 1.82) is 0 Å². The van der Waals surface area contributed by atoms with Gasteiger partial charge in [0.15, 0.2) is 0 Å². The molecule has 0 radical (unpaired) electrons. The Morgan fingerprint density at radius 1 is 1.33 bits per heavy atom. The number of hydrogen-bond donors (Lipinski definition) is 2. The molecule has 0 atom stereocenters. The SMILES string of the molecule is CSCCCCNc1ccc(N)c(C)c1. The van der Waals surface area contributed by atoms with E-state index in [9.17, 15) is 0 Å². The van der Waals surface area contributed by atoms with Crippen LogP contribution in [0, 0.1) is 6.92 Å². The van der Waals surface area contributed by atoms with E-state index >= 15 is 0 Å². The van der Waals surface area contributed by atoms with E-state index in [1.807, 2.05) is 30.8 Å². The molecule has 0 unspecified atom stereocenters. The third kappa shape index (κ3) is 4.47. The lowest BCUT2D eigenvalue weighted by Crippen LogP contribution is -2.02. The van der Waals surface area contributed by atoms with Crippen LogP contribution in [-0.2, 0) is 0 Å². The number of aryl methyl sites for hydroxylation is 1. The summed E-state index contributed by atoms with van der Waals surface area (Å²) in [5.74, 6) is 1.25. The van der Waals surface area contributed by atoms with Gasteiger partial charge in [0, 0.05) is 17.9 Å². The molecule has 1 aromatic carbocycles. The molecule has 0 saturated heterocycles. The van der Waals surface area contributed by atoms with Crippen LogP contribution in [0.15, 0.2) is 18.2 Å². The van der Waals surface area contributed by atoms with Crippen molar-refractivity contribution < 1.29 is 0 Å². The van der Waals surface area contributed by atoms with E-state index in [0.29, 0.717) is 0 Å². The third-order valence-electron chi connectivity index (χ3n) is 2.37. The van der Waals surface area contributed by atoms with Crippen LogP contribution >= 0.6 is 11.8 Å². The zero-order chi connectivity index (χ0) is 11.1. The Hall–Kier alpha value is -0.830. The fourth-order valence-corrected chi connectivity index (χ4v) is 1.88. The molecule has 1 rings (SSSR count). The summed E-state index contributed by atoms with van der Waals surface area (Å²) in [5.41, 5.74) is 8.93. The predicted molar refractivity (Wildman–Crippen MR) is 71.7 cm³/mol. The second kappa shape index (κ2) is 6.62. The Morgan fingerprint density at radius 2 is 2.13 bits per heavy atom. The molecule has 0 aliphatic heterocycles. The normalized spacial score (nSPS) is 10.3. The summed E-state index contributed by atoms with van der Waals surface area (Å²) in [6.45, 7) is 3.08. The maximum Gasteiger partial charge on any atom is 0.0345 e. The molecule has 0 aliphatic rings. The molecule has 0 bridgehead atoms. The lowest BCUT2D eigenvalue weighted by atomic mass is 10.2. The molecule has 0 heterocycles. The number of nitrogen functional groups attached to an aromatic ring is 1. The number of hydrogen-bond acceptors (Lipinski definition) is 3. The van der Waals surface area contributed by atoms with Crippen molar-refractivity contribution >= 4 is 23.1 Å². The number of unbranched alkanes of at least 4 members (excludes halogenated alkanes) is 1. The molecular weight excluding hydrogens is 204 g/mol. The highest BCUT2D eigenvalue weighted by atomic mass is 32.2. The van der Waals surface area contributed by atoms with Crippen LogP contribution in [0.3, 0.4) is 0 Å². The molecule has 3 N–H and O–H groups in total. The summed E-state index contributed by atoms with van der Waals surface area (Å²) >= 11 is 1.91. The van der Waals surface area contributed by atoms with Crippen LogP contribution in [0.5, 0.6) is 0 Å². The van der Waals surface area contributed by atoms with E-state index in [2.05, 4.69) is 17.6 Å². The van der Waals surface area contributed by atoms with Crippen molar-refractivity contribution in [3.8, 4) is 0 Å². The maximum atomic E-state index is 5.75. The van der Waals surface area contributed by atoms with E-state index in [1.165, 1.54) is 24.3 Å². The van der Waals surface area contributed by atoms with Gasteiger partial charge < -0.3 is 11.1 Å². The van der Waals surface area contributed by atoms with E-state index in [-0.39, 0.29) is 0 Å². The van der Waals surface area contributed by atoms with Crippen molar-refractivity contribution in [3.05, 3.63) is 23.8 Å². The van der Waals surface area contributed by atoms with Crippen LogP contribution < -0.4 is 11.1 Å². The summed E-state index contributed by atoms with van der Waals surface area (Å²) in [4.78, 5) is 0. The molecule has 0 aromatic heterocycles. The Labute approximate surface area is 96.6 Å². The minimum atomic E-state index is 0.864. The van der Waals surface area contributed by atoms with Gasteiger partial charge in [0.25, 0.3) is 0 Å². The second-order valence-electron chi connectivity index (χ2n) is 3.70. The predicted octanol–water partition coefficient (Wildman–Crippen LogP) is 3.13. The minimum absolute atomic E-state index is 0.864. The van der Waals surface area contributed by atoms with Crippen molar-refractivity contribution in [1.82, 2.24) is 0 Å². The molecule has 0 spiro atoms. The first-order chi connectivity index (χ1) is 7.24. The van der Waals surface area contributed by atoms with Gasteiger partial charge in [-0.1, -0.05) is 0 Å². The largest absolute Gasteiger partial charge is 0.399 e. The van der Waals surface area contributed by atoms with Crippen molar-refractivity contribution in [2.24, 2.45) is 0 Å². The molecule has 3 heteroatoms. The summed E-state index contributed by atoms with van der Waals surface area (Å²) < 4.78 is 0. The third-order valence-corrected chi connectivity index (χ3v) is 3.07. The van der Waals surface area contributed by atoms with Gasteiger partial charge in [-0.05, 0) is 55.5 Å². The molecule has 0 amide bonds. The first-order valence-electron chi connectivity index (χ1n) is 5.33. The summed E-state index contributed by atoms with van der Waals surface area (Å²) in [5, 5.41) is 3.41. The molecule has 84 valence electrons. The van der Waals surface area contributed by atoms with E-state index in [4.69, 9.17) is 5.73 Å². The van der Waals surface area contributed by atoms with Gasteiger partial charge in [0.2, 0.25) is 0 Å². The van der Waals surface area contributed by atoms with Gasteiger partial charge in [-0.2, -0.15) is 11.8 Å².